The van der Waals surface area contributed by atoms with Crippen LogP contribution in [0.2, 0.25) is 0 Å². The van der Waals surface area contributed by atoms with Gasteiger partial charge in [0.2, 0.25) is 5.91 Å². The molecule has 132 valence electrons. The highest BCUT2D eigenvalue weighted by molar-refractivity contribution is 5.76. The third-order valence-corrected chi connectivity index (χ3v) is 4.82. The average Bonchev–Trinajstić information content (AvgIpc) is 2.95. The summed E-state index contributed by atoms with van der Waals surface area (Å²) in [6.07, 6.45) is 2.43. The fourth-order valence-corrected chi connectivity index (χ4v) is 3.42. The molecule has 0 saturated heterocycles. The van der Waals surface area contributed by atoms with Crippen LogP contribution < -0.4 is 15.0 Å². The summed E-state index contributed by atoms with van der Waals surface area (Å²) < 4.78 is 5.15. The van der Waals surface area contributed by atoms with Gasteiger partial charge >= 0.3 is 0 Å². The molecule has 25 heavy (non-hydrogen) atoms. The first-order valence-electron chi connectivity index (χ1n) is 8.91. The van der Waals surface area contributed by atoms with Crippen molar-refractivity contribution in [1.82, 2.24) is 5.32 Å². The van der Waals surface area contributed by atoms with Crippen LogP contribution in [0.1, 0.15) is 24.5 Å². The van der Waals surface area contributed by atoms with Gasteiger partial charge in [-0.05, 0) is 49.1 Å². The summed E-state index contributed by atoms with van der Waals surface area (Å²) in [6, 6.07) is 16.9. The minimum absolute atomic E-state index is 0.116. The fraction of sp³-hybridized carbons (Fsp3) is 0.381. The Kier molecular flexibility index (Phi) is 5.59. The van der Waals surface area contributed by atoms with Gasteiger partial charge in [-0.1, -0.05) is 30.3 Å². The van der Waals surface area contributed by atoms with Crippen molar-refractivity contribution in [1.29, 1.82) is 0 Å². The first-order chi connectivity index (χ1) is 12.2. The van der Waals surface area contributed by atoms with E-state index in [0.29, 0.717) is 19.0 Å². The monoisotopic (exact) mass is 338 g/mol. The van der Waals surface area contributed by atoms with E-state index >= 15 is 0 Å². The zero-order chi connectivity index (χ0) is 17.6. The summed E-state index contributed by atoms with van der Waals surface area (Å²) in [6.45, 7) is 3.66. The lowest BCUT2D eigenvalue weighted by molar-refractivity contribution is -0.120. The largest absolute Gasteiger partial charge is 0.497 e. The van der Waals surface area contributed by atoms with Crippen LogP contribution in [0, 0.1) is 0 Å². The van der Waals surface area contributed by atoms with Gasteiger partial charge in [0.1, 0.15) is 5.75 Å². The third-order valence-electron chi connectivity index (χ3n) is 4.82. The van der Waals surface area contributed by atoms with E-state index in [-0.39, 0.29) is 5.91 Å². The number of hydrogen-bond donors (Lipinski definition) is 1. The molecule has 4 nitrogen and oxygen atoms in total. The first-order valence-corrected chi connectivity index (χ1v) is 8.91. The molecule has 2 aromatic carbocycles. The van der Waals surface area contributed by atoms with Crippen LogP contribution in [0.15, 0.2) is 48.5 Å². The molecule has 1 aliphatic heterocycles. The van der Waals surface area contributed by atoms with Crippen molar-refractivity contribution in [2.24, 2.45) is 0 Å². The van der Waals surface area contributed by atoms with E-state index in [1.807, 2.05) is 24.3 Å². The second-order valence-electron chi connectivity index (χ2n) is 6.57. The van der Waals surface area contributed by atoms with Crippen molar-refractivity contribution >= 4 is 11.6 Å². The van der Waals surface area contributed by atoms with Crippen molar-refractivity contribution in [3.05, 3.63) is 59.7 Å². The molecule has 0 bridgehead atoms. The van der Waals surface area contributed by atoms with Crippen LogP contribution in [0.5, 0.6) is 5.75 Å². The van der Waals surface area contributed by atoms with Crippen molar-refractivity contribution in [3.8, 4) is 5.75 Å². The Morgan fingerprint density at radius 1 is 1.20 bits per heavy atom. The normalized spacial score (nSPS) is 15.8. The number of ether oxygens (including phenoxy) is 1. The van der Waals surface area contributed by atoms with E-state index in [2.05, 4.69) is 41.4 Å². The predicted octanol–water partition coefficient (Wildman–Crippen LogP) is 3.20. The predicted molar refractivity (Wildman–Crippen MR) is 101 cm³/mol. The number of carbonyl (C=O) groups is 1. The number of methoxy groups -OCH3 is 1. The highest BCUT2D eigenvalue weighted by Gasteiger charge is 2.25. The quantitative estimate of drug-likeness (QED) is 0.843. The van der Waals surface area contributed by atoms with Gasteiger partial charge in [0.15, 0.2) is 0 Å². The zero-order valence-electron chi connectivity index (χ0n) is 15.0. The van der Waals surface area contributed by atoms with Gasteiger partial charge in [-0.3, -0.25) is 4.79 Å². The van der Waals surface area contributed by atoms with E-state index in [0.717, 1.165) is 25.1 Å². The molecule has 2 aromatic rings. The second-order valence-corrected chi connectivity index (χ2v) is 6.57. The maximum Gasteiger partial charge on any atom is 0.221 e. The van der Waals surface area contributed by atoms with E-state index in [9.17, 15) is 4.79 Å². The zero-order valence-corrected chi connectivity index (χ0v) is 15.0. The Morgan fingerprint density at radius 3 is 2.72 bits per heavy atom. The molecule has 1 atom stereocenters. The number of para-hydroxylation sites is 1. The van der Waals surface area contributed by atoms with E-state index in [1.165, 1.54) is 16.8 Å². The van der Waals surface area contributed by atoms with Crippen LogP contribution in [0.25, 0.3) is 0 Å². The summed E-state index contributed by atoms with van der Waals surface area (Å²) in [5, 5.41) is 3.03. The number of anilines is 1. The number of nitrogens with one attached hydrogen (secondary N) is 1. The average molecular weight is 338 g/mol. The minimum Gasteiger partial charge on any atom is -0.497 e. The molecule has 0 fully saturated rings. The molecule has 4 heteroatoms. The lowest BCUT2D eigenvalue weighted by atomic mass is 10.1. The summed E-state index contributed by atoms with van der Waals surface area (Å²) in [4.78, 5) is 14.5. The van der Waals surface area contributed by atoms with Gasteiger partial charge in [-0.15, -0.1) is 0 Å². The number of nitrogens with zero attached hydrogens (tertiary/aromatic N) is 1. The molecule has 0 radical (unpaired) electrons. The molecular weight excluding hydrogens is 312 g/mol. The van der Waals surface area contributed by atoms with Crippen LogP contribution in [0.4, 0.5) is 5.69 Å². The van der Waals surface area contributed by atoms with Gasteiger partial charge in [0.05, 0.1) is 7.11 Å². The van der Waals surface area contributed by atoms with Gasteiger partial charge in [-0.2, -0.15) is 0 Å². The number of benzene rings is 2. The molecule has 3 rings (SSSR count). The van der Waals surface area contributed by atoms with E-state index in [1.54, 1.807) is 7.11 Å². The van der Waals surface area contributed by atoms with Crippen LogP contribution in [0.3, 0.4) is 0 Å². The van der Waals surface area contributed by atoms with Crippen LogP contribution >= 0.6 is 0 Å². The molecule has 1 aliphatic rings. The summed E-state index contributed by atoms with van der Waals surface area (Å²) >= 11 is 0. The van der Waals surface area contributed by atoms with Crippen molar-refractivity contribution in [2.45, 2.75) is 32.2 Å². The molecule has 0 spiro atoms. The Morgan fingerprint density at radius 2 is 1.96 bits per heavy atom. The Hall–Kier alpha value is -2.49. The molecule has 0 aliphatic carbocycles. The Labute approximate surface area is 149 Å². The second kappa shape index (κ2) is 8.06. The number of fused-ring (bicyclic) bond motifs is 1. The molecule has 0 aromatic heterocycles. The number of rotatable bonds is 7. The standard InChI is InChI=1S/C21H26N2O2/c1-16-15-18-5-3-4-6-20(18)23(16)14-12-21(24)22-13-11-17-7-9-19(25-2)10-8-17/h3-10,16H,11-15H2,1-2H3,(H,22,24). The van der Waals surface area contributed by atoms with Gasteiger partial charge in [0, 0.05) is 31.2 Å². The summed E-state index contributed by atoms with van der Waals surface area (Å²) in [7, 11) is 1.66. The smallest absolute Gasteiger partial charge is 0.221 e. The topological polar surface area (TPSA) is 41.6 Å². The van der Waals surface area contributed by atoms with Crippen LogP contribution in [-0.4, -0.2) is 32.1 Å². The van der Waals surface area contributed by atoms with Crippen molar-refractivity contribution in [2.75, 3.05) is 25.1 Å². The Balaban J connectivity index is 1.42. The maximum atomic E-state index is 12.2. The van der Waals surface area contributed by atoms with Gasteiger partial charge < -0.3 is 15.0 Å². The van der Waals surface area contributed by atoms with E-state index in [4.69, 9.17) is 4.74 Å². The lowest BCUT2D eigenvalue weighted by Gasteiger charge is -2.24. The number of amides is 1. The number of hydrogen-bond acceptors (Lipinski definition) is 3. The van der Waals surface area contributed by atoms with Gasteiger partial charge in [0.25, 0.3) is 0 Å². The van der Waals surface area contributed by atoms with Crippen molar-refractivity contribution < 1.29 is 9.53 Å². The third kappa shape index (κ3) is 4.32. The molecule has 1 heterocycles. The van der Waals surface area contributed by atoms with Crippen molar-refractivity contribution in [3.63, 3.8) is 0 Å². The van der Waals surface area contributed by atoms with Gasteiger partial charge in [-0.25, -0.2) is 0 Å². The lowest BCUT2D eigenvalue weighted by Crippen LogP contribution is -2.34. The summed E-state index contributed by atoms with van der Waals surface area (Å²) in [5.74, 6) is 0.970. The first kappa shape index (κ1) is 17.3. The molecule has 0 saturated carbocycles. The molecule has 1 unspecified atom stereocenters. The Bertz CT molecular complexity index is 712. The highest BCUT2D eigenvalue weighted by atomic mass is 16.5. The fourth-order valence-electron chi connectivity index (χ4n) is 3.42. The molecule has 1 N–H and O–H groups in total. The summed E-state index contributed by atoms with van der Waals surface area (Å²) in [5.41, 5.74) is 3.86. The SMILES string of the molecule is COc1ccc(CCNC(=O)CCN2c3ccccc3CC2C)cc1. The minimum atomic E-state index is 0.116. The van der Waals surface area contributed by atoms with E-state index < -0.39 is 0 Å². The molecule has 1 amide bonds. The van der Waals surface area contributed by atoms with Crippen LogP contribution in [-0.2, 0) is 17.6 Å². The number of carbonyl (C=O) groups excluding carboxylic acids is 1. The maximum absolute atomic E-state index is 12.2. The highest BCUT2D eigenvalue weighted by Crippen LogP contribution is 2.31. The molecular formula is C21H26N2O2.